The molecule has 2 unspecified atom stereocenters. The van der Waals surface area contributed by atoms with Crippen LogP contribution in [0.15, 0.2) is 18.2 Å². The molecule has 0 saturated carbocycles. The molecule has 5 nitrogen and oxygen atoms in total. The molecule has 0 amide bonds. The number of aliphatic hydroxyl groups excluding tert-OH is 2. The van der Waals surface area contributed by atoms with E-state index in [0.29, 0.717) is 11.1 Å². The summed E-state index contributed by atoms with van der Waals surface area (Å²) in [6, 6.07) is 4.47. The maximum atomic E-state index is 10.5. The van der Waals surface area contributed by atoms with Gasteiger partial charge in [0.05, 0.1) is 12.5 Å². The van der Waals surface area contributed by atoms with Gasteiger partial charge in [-0.1, -0.05) is 23.7 Å². The van der Waals surface area contributed by atoms with Crippen LogP contribution in [0.3, 0.4) is 0 Å². The second-order valence-corrected chi connectivity index (χ2v) is 4.08. The van der Waals surface area contributed by atoms with Crippen LogP contribution < -0.4 is 5.73 Å². The summed E-state index contributed by atoms with van der Waals surface area (Å²) in [6.45, 7) is -0.0737. The molecular weight excluding hydrogens is 246 g/mol. The van der Waals surface area contributed by atoms with Crippen molar-refractivity contribution in [3.63, 3.8) is 0 Å². The number of nitrogens with two attached hydrogens (primary N) is 1. The largest absolute Gasteiger partial charge is 0.481 e. The van der Waals surface area contributed by atoms with Crippen LogP contribution in [0.25, 0.3) is 0 Å². The van der Waals surface area contributed by atoms with Gasteiger partial charge in [-0.3, -0.25) is 4.79 Å². The van der Waals surface area contributed by atoms with E-state index < -0.39 is 18.2 Å². The predicted molar refractivity (Wildman–Crippen MR) is 62.8 cm³/mol. The van der Waals surface area contributed by atoms with E-state index in [2.05, 4.69) is 0 Å². The Kier molecular flexibility index (Phi) is 4.89. The SMILES string of the molecule is NCC(O)C(O)c1ccc(CC(=O)O)c(Cl)c1. The highest BCUT2D eigenvalue weighted by atomic mass is 35.5. The van der Waals surface area contributed by atoms with E-state index in [9.17, 15) is 15.0 Å². The van der Waals surface area contributed by atoms with Gasteiger partial charge in [-0.15, -0.1) is 0 Å². The Balaban J connectivity index is 2.92. The molecule has 0 heterocycles. The third kappa shape index (κ3) is 3.67. The van der Waals surface area contributed by atoms with E-state index in [4.69, 9.17) is 22.4 Å². The maximum absolute atomic E-state index is 10.5. The zero-order valence-corrected chi connectivity index (χ0v) is 9.76. The number of hydrogen-bond donors (Lipinski definition) is 4. The van der Waals surface area contributed by atoms with Gasteiger partial charge in [0, 0.05) is 11.6 Å². The summed E-state index contributed by atoms with van der Waals surface area (Å²) in [5.74, 6) is -0.984. The van der Waals surface area contributed by atoms with Gasteiger partial charge in [-0.05, 0) is 17.2 Å². The highest BCUT2D eigenvalue weighted by Gasteiger charge is 2.18. The van der Waals surface area contributed by atoms with Crippen LogP contribution in [0.4, 0.5) is 0 Å². The first kappa shape index (κ1) is 13.9. The van der Waals surface area contributed by atoms with Crippen LogP contribution in [0.2, 0.25) is 5.02 Å². The number of aliphatic carboxylic acids is 1. The van der Waals surface area contributed by atoms with Crippen molar-refractivity contribution in [1.29, 1.82) is 0 Å². The van der Waals surface area contributed by atoms with Gasteiger partial charge in [-0.2, -0.15) is 0 Å². The van der Waals surface area contributed by atoms with Crippen molar-refractivity contribution < 1.29 is 20.1 Å². The van der Waals surface area contributed by atoms with Crippen LogP contribution in [0.5, 0.6) is 0 Å². The number of carboxylic acid groups (broad SMARTS) is 1. The molecule has 17 heavy (non-hydrogen) atoms. The first-order valence-corrected chi connectivity index (χ1v) is 5.39. The highest BCUT2D eigenvalue weighted by molar-refractivity contribution is 6.31. The first-order valence-electron chi connectivity index (χ1n) is 5.02. The molecule has 0 aliphatic heterocycles. The number of rotatable bonds is 5. The molecule has 0 saturated heterocycles. The third-order valence-corrected chi connectivity index (χ3v) is 2.72. The van der Waals surface area contributed by atoms with Crippen molar-refractivity contribution >= 4 is 17.6 Å². The summed E-state index contributed by atoms with van der Waals surface area (Å²) >= 11 is 5.88. The fourth-order valence-corrected chi connectivity index (χ4v) is 1.66. The van der Waals surface area contributed by atoms with E-state index in [1.165, 1.54) is 18.2 Å². The van der Waals surface area contributed by atoms with E-state index >= 15 is 0 Å². The Bertz CT molecular complexity index is 410. The quantitative estimate of drug-likeness (QED) is 0.610. The fourth-order valence-electron chi connectivity index (χ4n) is 1.40. The summed E-state index contributed by atoms with van der Waals surface area (Å²) < 4.78 is 0. The topological polar surface area (TPSA) is 104 Å². The van der Waals surface area contributed by atoms with E-state index in [0.717, 1.165) is 0 Å². The van der Waals surface area contributed by atoms with Crippen molar-refractivity contribution in [2.45, 2.75) is 18.6 Å². The molecule has 6 heteroatoms. The van der Waals surface area contributed by atoms with E-state index in [1.54, 1.807) is 0 Å². The highest BCUT2D eigenvalue weighted by Crippen LogP contribution is 2.24. The molecule has 0 bridgehead atoms. The standard InChI is InChI=1S/C11H14ClNO4/c12-8-3-7(11(17)9(14)5-13)2-1-6(8)4-10(15)16/h1-3,9,11,14,17H,4-5,13H2,(H,15,16). The van der Waals surface area contributed by atoms with E-state index in [-0.39, 0.29) is 18.0 Å². The molecule has 0 aliphatic carbocycles. The smallest absolute Gasteiger partial charge is 0.307 e. The lowest BCUT2D eigenvalue weighted by Gasteiger charge is -2.17. The lowest BCUT2D eigenvalue weighted by molar-refractivity contribution is -0.136. The Morgan fingerprint density at radius 3 is 2.53 bits per heavy atom. The van der Waals surface area contributed by atoms with Crippen molar-refractivity contribution in [3.8, 4) is 0 Å². The third-order valence-electron chi connectivity index (χ3n) is 2.37. The predicted octanol–water partition coefficient (Wildman–Crippen LogP) is 0.320. The molecule has 0 radical (unpaired) electrons. The molecule has 0 aromatic heterocycles. The summed E-state index contributed by atoms with van der Waals surface area (Å²) in [4.78, 5) is 10.5. The first-order chi connectivity index (χ1) is 7.95. The molecule has 5 N–H and O–H groups in total. The normalized spacial score (nSPS) is 14.4. The van der Waals surface area contributed by atoms with Gasteiger partial charge in [-0.25, -0.2) is 0 Å². The minimum Gasteiger partial charge on any atom is -0.481 e. The summed E-state index contributed by atoms with van der Waals surface area (Å²) in [5.41, 5.74) is 6.08. The minimum atomic E-state index is -1.13. The van der Waals surface area contributed by atoms with Crippen molar-refractivity contribution in [1.82, 2.24) is 0 Å². The molecule has 0 fully saturated rings. The Morgan fingerprint density at radius 1 is 1.41 bits per heavy atom. The molecule has 0 aliphatic rings. The van der Waals surface area contributed by atoms with E-state index in [1.807, 2.05) is 0 Å². The fraction of sp³-hybridized carbons (Fsp3) is 0.364. The van der Waals surface area contributed by atoms with Crippen LogP contribution in [0.1, 0.15) is 17.2 Å². The average molecular weight is 260 g/mol. The minimum absolute atomic E-state index is 0.0737. The molecule has 1 rings (SSSR count). The zero-order valence-electron chi connectivity index (χ0n) is 9.01. The number of hydrogen-bond acceptors (Lipinski definition) is 4. The van der Waals surface area contributed by atoms with Crippen LogP contribution in [-0.4, -0.2) is 33.9 Å². The summed E-state index contributed by atoms with van der Waals surface area (Å²) in [6.07, 6.45) is -2.39. The van der Waals surface area contributed by atoms with Crippen molar-refractivity contribution in [2.24, 2.45) is 5.73 Å². The Labute approximate surface area is 103 Å². The summed E-state index contributed by atoms with van der Waals surface area (Å²) in [5, 5.41) is 27.9. The lowest BCUT2D eigenvalue weighted by Crippen LogP contribution is -2.27. The number of aliphatic hydroxyl groups is 2. The van der Waals surface area contributed by atoms with Crippen LogP contribution >= 0.6 is 11.6 Å². The Morgan fingerprint density at radius 2 is 2.06 bits per heavy atom. The van der Waals surface area contributed by atoms with Gasteiger partial charge in [0.1, 0.15) is 6.10 Å². The second-order valence-electron chi connectivity index (χ2n) is 3.67. The molecule has 2 atom stereocenters. The molecule has 1 aromatic rings. The average Bonchev–Trinajstić information content (AvgIpc) is 2.29. The summed E-state index contributed by atoms with van der Waals surface area (Å²) in [7, 11) is 0. The molecule has 94 valence electrons. The molecular formula is C11H14ClNO4. The molecule has 0 spiro atoms. The van der Waals surface area contributed by atoms with Crippen LogP contribution in [0, 0.1) is 0 Å². The van der Waals surface area contributed by atoms with Gasteiger partial charge in [0.15, 0.2) is 0 Å². The van der Waals surface area contributed by atoms with Crippen molar-refractivity contribution in [3.05, 3.63) is 34.3 Å². The van der Waals surface area contributed by atoms with Gasteiger partial charge in [0.2, 0.25) is 0 Å². The van der Waals surface area contributed by atoms with Gasteiger partial charge >= 0.3 is 5.97 Å². The number of benzene rings is 1. The Hall–Kier alpha value is -1.14. The number of carboxylic acids is 1. The van der Waals surface area contributed by atoms with Crippen LogP contribution in [-0.2, 0) is 11.2 Å². The second kappa shape index (κ2) is 5.97. The lowest BCUT2D eigenvalue weighted by atomic mass is 10.0. The van der Waals surface area contributed by atoms with Crippen molar-refractivity contribution in [2.75, 3.05) is 6.54 Å². The van der Waals surface area contributed by atoms with Gasteiger partial charge in [0.25, 0.3) is 0 Å². The monoisotopic (exact) mass is 259 g/mol. The maximum Gasteiger partial charge on any atom is 0.307 e. The number of halogens is 1. The zero-order chi connectivity index (χ0) is 13.0. The molecule has 1 aromatic carbocycles. The number of carbonyl (C=O) groups is 1. The van der Waals surface area contributed by atoms with Gasteiger partial charge < -0.3 is 21.1 Å².